The molecule has 2 rings (SSSR count). The first-order valence-electron chi connectivity index (χ1n) is 5.84. The Bertz CT molecular complexity index is 303. The minimum absolute atomic E-state index is 0.509. The van der Waals surface area contributed by atoms with Gasteiger partial charge in [-0.1, -0.05) is 24.5 Å². The van der Waals surface area contributed by atoms with E-state index in [2.05, 4.69) is 10.3 Å². The van der Waals surface area contributed by atoms with E-state index in [1.165, 1.54) is 32.1 Å². The van der Waals surface area contributed by atoms with Gasteiger partial charge in [0, 0.05) is 6.54 Å². The Morgan fingerprint density at radius 2 is 2.20 bits per heavy atom. The molecule has 1 saturated carbocycles. The molecular formula is C11H19N3O. The quantitative estimate of drug-likeness (QED) is 0.827. The molecule has 1 unspecified atom stereocenters. The van der Waals surface area contributed by atoms with Gasteiger partial charge in [0.25, 0.3) is 0 Å². The third-order valence-corrected chi connectivity index (χ3v) is 3.15. The number of hydrogen-bond acceptors (Lipinski definition) is 3. The second kappa shape index (κ2) is 4.75. The fraction of sp³-hybridized carbons (Fsp3) is 0.818. The Balaban J connectivity index is 1.91. The Morgan fingerprint density at radius 1 is 1.47 bits per heavy atom. The van der Waals surface area contributed by atoms with Crippen molar-refractivity contribution < 1.29 is 5.11 Å². The molecule has 1 fully saturated rings. The molecule has 15 heavy (non-hydrogen) atoms. The smallest absolute Gasteiger partial charge is 0.111 e. The van der Waals surface area contributed by atoms with Crippen LogP contribution < -0.4 is 0 Å². The Labute approximate surface area is 90.3 Å². The highest BCUT2D eigenvalue weighted by Crippen LogP contribution is 2.24. The molecule has 0 radical (unpaired) electrons. The van der Waals surface area contributed by atoms with Crippen molar-refractivity contribution in [2.75, 3.05) is 0 Å². The lowest BCUT2D eigenvalue weighted by Gasteiger charge is -2.20. The molecular weight excluding hydrogens is 190 g/mol. The first kappa shape index (κ1) is 10.6. The summed E-state index contributed by atoms with van der Waals surface area (Å²) in [6.07, 6.45) is 8.05. The first-order chi connectivity index (χ1) is 7.25. The molecule has 1 aromatic rings. The topological polar surface area (TPSA) is 50.9 Å². The van der Waals surface area contributed by atoms with Crippen LogP contribution in [-0.2, 0) is 6.54 Å². The predicted molar refractivity (Wildman–Crippen MR) is 57.2 cm³/mol. The van der Waals surface area contributed by atoms with Gasteiger partial charge in [0.05, 0.1) is 12.3 Å². The van der Waals surface area contributed by atoms with E-state index in [9.17, 15) is 5.11 Å². The average molecular weight is 209 g/mol. The van der Waals surface area contributed by atoms with Crippen molar-refractivity contribution in [1.29, 1.82) is 0 Å². The van der Waals surface area contributed by atoms with Crippen molar-refractivity contribution in [2.24, 2.45) is 5.92 Å². The summed E-state index contributed by atoms with van der Waals surface area (Å²) in [6, 6.07) is 0. The molecule has 1 aromatic heterocycles. The third kappa shape index (κ3) is 2.78. The van der Waals surface area contributed by atoms with Crippen LogP contribution in [0.5, 0.6) is 0 Å². The lowest BCUT2D eigenvalue weighted by molar-refractivity contribution is 0.194. The fourth-order valence-electron chi connectivity index (χ4n) is 2.23. The second-order valence-electron chi connectivity index (χ2n) is 4.55. The second-order valence-corrected chi connectivity index (χ2v) is 4.55. The molecule has 4 nitrogen and oxygen atoms in total. The molecule has 0 aliphatic heterocycles. The van der Waals surface area contributed by atoms with E-state index >= 15 is 0 Å². The first-order valence-corrected chi connectivity index (χ1v) is 5.84. The number of nitrogens with zero attached hydrogens (tertiary/aromatic N) is 3. The van der Waals surface area contributed by atoms with Crippen LogP contribution in [0.15, 0.2) is 6.20 Å². The van der Waals surface area contributed by atoms with Crippen LogP contribution in [0.1, 0.15) is 50.8 Å². The van der Waals surface area contributed by atoms with Crippen molar-refractivity contribution in [3.8, 4) is 0 Å². The number of aliphatic hydroxyl groups is 1. The zero-order chi connectivity index (χ0) is 10.7. The summed E-state index contributed by atoms with van der Waals surface area (Å²) in [7, 11) is 0. The molecule has 4 heteroatoms. The average Bonchev–Trinajstić information content (AvgIpc) is 2.68. The van der Waals surface area contributed by atoms with Crippen LogP contribution in [0, 0.1) is 5.92 Å². The Kier molecular flexibility index (Phi) is 3.36. The van der Waals surface area contributed by atoms with E-state index in [1.807, 2.05) is 10.9 Å². The van der Waals surface area contributed by atoms with Crippen LogP contribution in [0.2, 0.25) is 0 Å². The zero-order valence-corrected chi connectivity index (χ0v) is 9.26. The maximum atomic E-state index is 9.33. The molecule has 0 amide bonds. The summed E-state index contributed by atoms with van der Waals surface area (Å²) in [5.74, 6) is 0.752. The highest BCUT2D eigenvalue weighted by Gasteiger charge is 2.15. The molecule has 1 aliphatic carbocycles. The van der Waals surface area contributed by atoms with Crippen molar-refractivity contribution in [2.45, 2.75) is 51.7 Å². The third-order valence-electron chi connectivity index (χ3n) is 3.15. The number of hydrogen-bond donors (Lipinski definition) is 1. The van der Waals surface area contributed by atoms with Gasteiger partial charge in [-0.15, -0.1) is 5.10 Å². The summed E-state index contributed by atoms with van der Waals surface area (Å²) in [4.78, 5) is 0. The number of aliphatic hydroxyl groups excluding tert-OH is 1. The molecule has 1 heterocycles. The van der Waals surface area contributed by atoms with E-state index in [0.717, 1.165) is 12.5 Å². The number of aromatic nitrogens is 3. The highest BCUT2D eigenvalue weighted by molar-refractivity contribution is 4.95. The summed E-state index contributed by atoms with van der Waals surface area (Å²) in [5, 5.41) is 17.3. The van der Waals surface area contributed by atoms with Crippen LogP contribution in [0.25, 0.3) is 0 Å². The highest BCUT2D eigenvalue weighted by atomic mass is 16.3. The maximum Gasteiger partial charge on any atom is 0.111 e. The van der Waals surface area contributed by atoms with Crippen LogP contribution in [0.4, 0.5) is 0 Å². The molecule has 1 atom stereocenters. The van der Waals surface area contributed by atoms with E-state index in [1.54, 1.807) is 6.92 Å². The Hall–Kier alpha value is -0.900. The van der Waals surface area contributed by atoms with Gasteiger partial charge >= 0.3 is 0 Å². The van der Waals surface area contributed by atoms with Crippen molar-refractivity contribution in [3.05, 3.63) is 11.9 Å². The molecule has 84 valence electrons. The zero-order valence-electron chi connectivity index (χ0n) is 9.26. The van der Waals surface area contributed by atoms with Crippen molar-refractivity contribution in [3.63, 3.8) is 0 Å². The van der Waals surface area contributed by atoms with Gasteiger partial charge in [0.15, 0.2) is 0 Å². The molecule has 0 saturated heterocycles. The molecule has 0 bridgehead atoms. The van der Waals surface area contributed by atoms with E-state index in [0.29, 0.717) is 5.69 Å². The standard InChI is InChI=1S/C11H19N3O/c1-9(15)11-8-14(13-12-11)7-10-5-3-2-4-6-10/h8-10,15H,2-7H2,1H3. The Morgan fingerprint density at radius 3 is 2.80 bits per heavy atom. The van der Waals surface area contributed by atoms with E-state index < -0.39 is 6.10 Å². The molecule has 0 spiro atoms. The van der Waals surface area contributed by atoms with Gasteiger partial charge in [-0.05, 0) is 25.7 Å². The predicted octanol–water partition coefficient (Wildman–Crippen LogP) is 1.91. The SMILES string of the molecule is CC(O)c1cn(CC2CCCCC2)nn1. The summed E-state index contributed by atoms with van der Waals surface area (Å²) in [5.41, 5.74) is 0.672. The lowest BCUT2D eigenvalue weighted by Crippen LogP contribution is -2.14. The van der Waals surface area contributed by atoms with Gasteiger partial charge in [-0.3, -0.25) is 4.68 Å². The summed E-state index contributed by atoms with van der Waals surface area (Å²) in [6.45, 7) is 2.68. The molecule has 1 aliphatic rings. The van der Waals surface area contributed by atoms with Crippen molar-refractivity contribution in [1.82, 2.24) is 15.0 Å². The van der Waals surface area contributed by atoms with Crippen LogP contribution >= 0.6 is 0 Å². The van der Waals surface area contributed by atoms with Gasteiger partial charge < -0.3 is 5.11 Å². The largest absolute Gasteiger partial charge is 0.387 e. The maximum absolute atomic E-state index is 9.33. The monoisotopic (exact) mass is 209 g/mol. The summed E-state index contributed by atoms with van der Waals surface area (Å²) >= 11 is 0. The van der Waals surface area contributed by atoms with Gasteiger partial charge in [-0.25, -0.2) is 0 Å². The lowest BCUT2D eigenvalue weighted by atomic mass is 9.89. The van der Waals surface area contributed by atoms with Gasteiger partial charge in [-0.2, -0.15) is 0 Å². The normalized spacial score (nSPS) is 20.4. The van der Waals surface area contributed by atoms with E-state index in [-0.39, 0.29) is 0 Å². The number of rotatable bonds is 3. The molecule has 0 aromatic carbocycles. The van der Waals surface area contributed by atoms with Crippen LogP contribution in [-0.4, -0.2) is 20.1 Å². The van der Waals surface area contributed by atoms with E-state index in [4.69, 9.17) is 0 Å². The van der Waals surface area contributed by atoms with Crippen molar-refractivity contribution >= 4 is 0 Å². The van der Waals surface area contributed by atoms with Gasteiger partial charge in [0.1, 0.15) is 5.69 Å². The molecule has 1 N–H and O–H groups in total. The minimum Gasteiger partial charge on any atom is -0.387 e. The van der Waals surface area contributed by atoms with Gasteiger partial charge in [0.2, 0.25) is 0 Å². The summed E-state index contributed by atoms with van der Waals surface area (Å²) < 4.78 is 1.87. The fourth-order valence-corrected chi connectivity index (χ4v) is 2.23. The van der Waals surface area contributed by atoms with Crippen LogP contribution in [0.3, 0.4) is 0 Å². The minimum atomic E-state index is -0.509.